The lowest BCUT2D eigenvalue weighted by Crippen LogP contribution is -2.56. The number of unbranched alkanes of at least 4 members (excludes halogenated alkanes) is 1. The minimum absolute atomic E-state index is 0.322. The van der Waals surface area contributed by atoms with Gasteiger partial charge in [-0.15, -0.1) is 0 Å². The Labute approximate surface area is 248 Å². The van der Waals surface area contributed by atoms with Gasteiger partial charge in [0.05, 0.1) is 18.1 Å². The lowest BCUT2D eigenvalue weighted by molar-refractivity contribution is -0.150. The van der Waals surface area contributed by atoms with Crippen molar-refractivity contribution in [2.45, 2.75) is 71.3 Å². The minimum Gasteiger partial charge on any atom is -0.494 e. The van der Waals surface area contributed by atoms with Crippen LogP contribution >= 0.6 is 0 Å². The Kier molecular flexibility index (Phi) is 10.2. The maximum atomic E-state index is 14.1. The summed E-state index contributed by atoms with van der Waals surface area (Å²) in [6.07, 6.45) is 2.94. The summed E-state index contributed by atoms with van der Waals surface area (Å²) in [5.41, 5.74) is 2.06. The Bertz CT molecular complexity index is 1420. The average Bonchev–Trinajstić information content (AvgIpc) is 2.97. The molecule has 2 amide bonds. The van der Waals surface area contributed by atoms with Gasteiger partial charge in [0.15, 0.2) is 0 Å². The van der Waals surface area contributed by atoms with E-state index in [1.807, 2.05) is 68.4 Å². The van der Waals surface area contributed by atoms with Crippen LogP contribution in [0, 0.1) is 11.8 Å². The second kappa shape index (κ2) is 13.8. The van der Waals surface area contributed by atoms with Gasteiger partial charge >= 0.3 is 0 Å². The van der Waals surface area contributed by atoms with Gasteiger partial charge < -0.3 is 20.5 Å². The molecule has 0 aliphatic heterocycles. The van der Waals surface area contributed by atoms with Gasteiger partial charge in [-0.1, -0.05) is 75.7 Å². The molecule has 3 aromatic carbocycles. The molecule has 0 saturated heterocycles. The third-order valence-corrected chi connectivity index (χ3v) is 8.15. The molecule has 0 radical (unpaired) electrons. The van der Waals surface area contributed by atoms with Gasteiger partial charge in [-0.3, -0.25) is 14.4 Å². The van der Waals surface area contributed by atoms with Crippen molar-refractivity contribution in [1.29, 1.82) is 0 Å². The first-order chi connectivity index (χ1) is 20.2. The predicted octanol–water partition coefficient (Wildman–Crippen LogP) is 6.31. The quantitative estimate of drug-likeness (QED) is 0.185. The molecule has 3 aromatic rings. The van der Waals surface area contributed by atoms with Crippen molar-refractivity contribution in [2.75, 3.05) is 17.2 Å². The first kappa shape index (κ1) is 31.0. The number of ether oxygens (including phenoxy) is 1. The molecule has 0 heterocycles. The zero-order chi connectivity index (χ0) is 30.3. The Morgan fingerprint density at radius 1 is 0.881 bits per heavy atom. The Morgan fingerprint density at radius 3 is 2.07 bits per heavy atom. The molecule has 1 saturated carbocycles. The monoisotopic (exact) mass is 570 g/mol. The smallest absolute Gasteiger partial charge is 0.235 e. The lowest BCUT2D eigenvalue weighted by Gasteiger charge is -2.44. The van der Waals surface area contributed by atoms with Crippen molar-refractivity contribution in [3.63, 3.8) is 0 Å². The maximum Gasteiger partial charge on any atom is 0.235 e. The Hall–Kier alpha value is -3.97. The van der Waals surface area contributed by atoms with Crippen LogP contribution in [0.5, 0.6) is 5.75 Å². The molecule has 222 valence electrons. The van der Waals surface area contributed by atoms with Crippen LogP contribution in [-0.4, -0.2) is 34.9 Å². The van der Waals surface area contributed by atoms with E-state index in [0.717, 1.165) is 24.0 Å². The SMILES string of the molecule is CCCCOc1cccc(C2C(C(=O)Nc3ccccc3CC)C(=O)CC(C)(O)C2C(=O)Nc2ccccc2CC)c1. The number of hydrogen-bond acceptors (Lipinski definition) is 5. The molecular weight excluding hydrogens is 528 g/mol. The summed E-state index contributed by atoms with van der Waals surface area (Å²) in [7, 11) is 0. The highest BCUT2D eigenvalue weighted by Gasteiger charge is 2.56. The number of anilines is 2. The molecular formula is C35H42N2O5. The van der Waals surface area contributed by atoms with Crippen LogP contribution in [0.4, 0.5) is 11.4 Å². The molecule has 1 aliphatic carbocycles. The largest absolute Gasteiger partial charge is 0.494 e. The van der Waals surface area contributed by atoms with Crippen molar-refractivity contribution in [2.24, 2.45) is 11.8 Å². The molecule has 7 nitrogen and oxygen atoms in total. The molecule has 7 heteroatoms. The zero-order valence-corrected chi connectivity index (χ0v) is 25.0. The molecule has 0 aromatic heterocycles. The fourth-order valence-electron chi connectivity index (χ4n) is 5.96. The predicted molar refractivity (Wildman–Crippen MR) is 166 cm³/mol. The van der Waals surface area contributed by atoms with Crippen LogP contribution in [0.1, 0.15) is 69.6 Å². The number of ketones is 1. The summed E-state index contributed by atoms with van der Waals surface area (Å²) < 4.78 is 5.95. The highest BCUT2D eigenvalue weighted by Crippen LogP contribution is 2.47. The van der Waals surface area contributed by atoms with Gasteiger partial charge in [0.1, 0.15) is 17.5 Å². The number of carbonyl (C=O) groups is 3. The Morgan fingerprint density at radius 2 is 1.48 bits per heavy atom. The number of amides is 2. The van der Waals surface area contributed by atoms with Gasteiger partial charge in [0, 0.05) is 23.7 Å². The molecule has 0 bridgehead atoms. The van der Waals surface area contributed by atoms with Crippen molar-refractivity contribution in [1.82, 2.24) is 0 Å². The number of aryl methyl sites for hydroxylation is 2. The van der Waals surface area contributed by atoms with Crippen LogP contribution in [-0.2, 0) is 27.2 Å². The normalized spacial score (nSPS) is 21.9. The number of Topliss-reactive ketones (excluding diaryl/α,β-unsaturated/α-hetero) is 1. The van der Waals surface area contributed by atoms with Crippen LogP contribution in [0.3, 0.4) is 0 Å². The molecule has 0 spiro atoms. The molecule has 1 fully saturated rings. The number of nitrogens with one attached hydrogen (secondary N) is 2. The second-order valence-corrected chi connectivity index (χ2v) is 11.3. The van der Waals surface area contributed by atoms with Crippen LogP contribution in [0.15, 0.2) is 72.8 Å². The number of aliphatic hydroxyl groups is 1. The highest BCUT2D eigenvalue weighted by molar-refractivity contribution is 6.10. The van der Waals surface area contributed by atoms with Gasteiger partial charge in [-0.25, -0.2) is 0 Å². The van der Waals surface area contributed by atoms with Crippen molar-refractivity contribution in [3.05, 3.63) is 89.5 Å². The van der Waals surface area contributed by atoms with E-state index in [2.05, 4.69) is 17.6 Å². The third-order valence-electron chi connectivity index (χ3n) is 8.15. The van der Waals surface area contributed by atoms with Crippen LogP contribution < -0.4 is 15.4 Å². The maximum absolute atomic E-state index is 14.1. The number of para-hydroxylation sites is 2. The number of rotatable bonds is 11. The molecule has 42 heavy (non-hydrogen) atoms. The first-order valence-electron chi connectivity index (χ1n) is 15.0. The van der Waals surface area contributed by atoms with Gasteiger partial charge in [0.2, 0.25) is 11.8 Å². The summed E-state index contributed by atoms with van der Waals surface area (Å²) >= 11 is 0. The van der Waals surface area contributed by atoms with Gasteiger partial charge in [-0.05, 0) is 67.1 Å². The summed E-state index contributed by atoms with van der Waals surface area (Å²) in [4.78, 5) is 41.8. The van der Waals surface area contributed by atoms with Gasteiger partial charge in [-0.2, -0.15) is 0 Å². The standard InChI is InChI=1S/C35H42N2O5/c1-5-8-20-42-26-17-13-16-25(21-26)30-31(33(39)36-27-18-11-9-14-23(27)6-2)29(38)22-35(4,41)32(30)34(40)37-28-19-12-10-15-24(28)7-3/h9-19,21,30-32,41H,5-8,20,22H2,1-4H3,(H,36,39)(H,37,40). The van der Waals surface area contributed by atoms with E-state index in [4.69, 9.17) is 4.74 Å². The summed E-state index contributed by atoms with van der Waals surface area (Å²) in [5, 5.41) is 17.7. The van der Waals surface area contributed by atoms with E-state index in [9.17, 15) is 19.5 Å². The Balaban J connectivity index is 1.79. The minimum atomic E-state index is -1.69. The van der Waals surface area contributed by atoms with Crippen molar-refractivity contribution < 1.29 is 24.2 Å². The topological polar surface area (TPSA) is 105 Å². The number of hydrogen-bond donors (Lipinski definition) is 3. The summed E-state index contributed by atoms with van der Waals surface area (Å²) in [6.45, 7) is 8.11. The fraction of sp³-hybridized carbons (Fsp3) is 0.400. The lowest BCUT2D eigenvalue weighted by atomic mass is 9.61. The second-order valence-electron chi connectivity index (χ2n) is 11.3. The zero-order valence-electron chi connectivity index (χ0n) is 25.0. The van der Waals surface area contributed by atoms with E-state index < -0.39 is 41.0 Å². The van der Waals surface area contributed by atoms with Crippen molar-refractivity contribution >= 4 is 29.0 Å². The van der Waals surface area contributed by atoms with E-state index >= 15 is 0 Å². The average molecular weight is 571 g/mol. The molecule has 1 aliphatic rings. The molecule has 4 atom stereocenters. The third kappa shape index (κ3) is 6.90. The summed E-state index contributed by atoms with van der Waals surface area (Å²) in [5.74, 6) is -3.98. The first-order valence-corrected chi connectivity index (χ1v) is 15.0. The number of benzene rings is 3. The van der Waals surface area contributed by atoms with Gasteiger partial charge in [0.25, 0.3) is 0 Å². The van der Waals surface area contributed by atoms with Crippen LogP contribution in [0.2, 0.25) is 0 Å². The van der Waals surface area contributed by atoms with E-state index in [-0.39, 0.29) is 6.42 Å². The molecule has 4 unspecified atom stereocenters. The molecule has 4 rings (SSSR count). The van der Waals surface area contributed by atoms with E-state index in [0.29, 0.717) is 42.1 Å². The van der Waals surface area contributed by atoms with Crippen molar-refractivity contribution in [3.8, 4) is 5.75 Å². The van der Waals surface area contributed by atoms with Crippen LogP contribution in [0.25, 0.3) is 0 Å². The van der Waals surface area contributed by atoms with E-state index in [1.54, 1.807) is 18.2 Å². The van der Waals surface area contributed by atoms with E-state index in [1.165, 1.54) is 6.92 Å². The fourth-order valence-corrected chi connectivity index (χ4v) is 5.96. The number of carbonyl (C=O) groups excluding carboxylic acids is 3. The molecule has 3 N–H and O–H groups in total. The highest BCUT2D eigenvalue weighted by atomic mass is 16.5. The summed E-state index contributed by atoms with van der Waals surface area (Å²) in [6, 6.07) is 22.2.